The van der Waals surface area contributed by atoms with Gasteiger partial charge in [-0.3, -0.25) is 14.5 Å². The fourth-order valence-electron chi connectivity index (χ4n) is 4.94. The molecule has 7 heteroatoms. The van der Waals surface area contributed by atoms with E-state index in [4.69, 9.17) is 0 Å². The number of aromatic nitrogens is 1. The lowest BCUT2D eigenvalue weighted by molar-refractivity contribution is -0.127. The summed E-state index contributed by atoms with van der Waals surface area (Å²) in [5, 5.41) is 6.04. The van der Waals surface area contributed by atoms with Crippen molar-refractivity contribution < 1.29 is 14.0 Å². The van der Waals surface area contributed by atoms with Crippen LogP contribution in [0.25, 0.3) is 10.9 Å². The molecule has 5 rings (SSSR count). The average molecular weight is 490 g/mol. The molecule has 2 aromatic heterocycles. The molecule has 0 aliphatic heterocycles. The van der Waals surface area contributed by atoms with Crippen molar-refractivity contribution >= 4 is 39.7 Å². The summed E-state index contributed by atoms with van der Waals surface area (Å²) in [6.45, 7) is 0. The zero-order valence-corrected chi connectivity index (χ0v) is 20.2. The summed E-state index contributed by atoms with van der Waals surface area (Å²) < 4.78 is 14.3. The number of carbonyl (C=O) groups is 2. The van der Waals surface area contributed by atoms with E-state index in [1.165, 1.54) is 34.8 Å². The van der Waals surface area contributed by atoms with Gasteiger partial charge in [0.25, 0.3) is 0 Å². The van der Waals surface area contributed by atoms with Gasteiger partial charge in [0, 0.05) is 33.7 Å². The van der Waals surface area contributed by atoms with E-state index in [2.05, 4.69) is 10.3 Å². The monoisotopic (exact) mass is 489 g/mol. The molecule has 0 saturated heterocycles. The number of hydrogen-bond acceptors (Lipinski definition) is 3. The molecule has 2 aromatic carbocycles. The normalized spacial score (nSPS) is 15.1. The van der Waals surface area contributed by atoms with E-state index < -0.39 is 11.9 Å². The quantitative estimate of drug-likeness (QED) is 0.328. The third-order valence-corrected chi connectivity index (χ3v) is 7.57. The molecule has 1 atom stereocenters. The van der Waals surface area contributed by atoms with Crippen LogP contribution in [0.1, 0.15) is 48.6 Å². The first-order valence-corrected chi connectivity index (χ1v) is 12.9. The summed E-state index contributed by atoms with van der Waals surface area (Å²) in [7, 11) is 0. The van der Waals surface area contributed by atoms with Crippen molar-refractivity contribution in [1.29, 1.82) is 0 Å². The molecule has 1 saturated carbocycles. The number of para-hydroxylation sites is 1. The van der Waals surface area contributed by atoms with Crippen molar-refractivity contribution in [2.24, 2.45) is 0 Å². The third-order valence-electron chi connectivity index (χ3n) is 6.64. The van der Waals surface area contributed by atoms with Crippen molar-refractivity contribution in [3.05, 3.63) is 88.5 Å². The molecule has 4 aromatic rings. The van der Waals surface area contributed by atoms with Crippen LogP contribution in [0, 0.1) is 5.82 Å². The van der Waals surface area contributed by atoms with E-state index in [0.29, 0.717) is 5.69 Å². The minimum atomic E-state index is -0.878. The number of fused-ring (bicyclic) bond motifs is 1. The third kappa shape index (κ3) is 5.15. The molecule has 1 fully saturated rings. The number of anilines is 1. The number of aromatic amines is 1. The Kier molecular flexibility index (Phi) is 6.95. The maximum absolute atomic E-state index is 14.3. The summed E-state index contributed by atoms with van der Waals surface area (Å²) in [6, 6.07) is 16.7. The van der Waals surface area contributed by atoms with Gasteiger partial charge in [-0.25, -0.2) is 4.39 Å². The molecule has 0 bridgehead atoms. The highest BCUT2D eigenvalue weighted by atomic mass is 32.1. The molecule has 2 heterocycles. The molecule has 0 spiro atoms. The van der Waals surface area contributed by atoms with Crippen LogP contribution >= 0.6 is 11.3 Å². The van der Waals surface area contributed by atoms with Crippen LogP contribution in [0.15, 0.2) is 72.2 Å². The van der Waals surface area contributed by atoms with E-state index in [-0.39, 0.29) is 24.3 Å². The summed E-state index contributed by atoms with van der Waals surface area (Å²) >= 11 is 1.42. The van der Waals surface area contributed by atoms with Gasteiger partial charge in [0.15, 0.2) is 0 Å². The first-order chi connectivity index (χ1) is 17.1. The first-order valence-electron chi connectivity index (χ1n) is 12.1. The summed E-state index contributed by atoms with van der Waals surface area (Å²) in [5.41, 5.74) is 2.15. The van der Waals surface area contributed by atoms with E-state index >= 15 is 0 Å². The maximum atomic E-state index is 14.3. The number of carbonyl (C=O) groups excluding carboxylic acids is 2. The smallest absolute Gasteiger partial charge is 0.248 e. The highest BCUT2D eigenvalue weighted by Gasteiger charge is 2.35. The molecule has 35 heavy (non-hydrogen) atoms. The molecule has 2 amide bonds. The fraction of sp³-hybridized carbons (Fsp3) is 0.286. The van der Waals surface area contributed by atoms with Crippen LogP contribution < -0.4 is 10.2 Å². The van der Waals surface area contributed by atoms with Crippen molar-refractivity contribution in [2.45, 2.75) is 50.6 Å². The number of nitrogens with one attached hydrogen (secondary N) is 2. The van der Waals surface area contributed by atoms with Crippen LogP contribution in [-0.2, 0) is 16.0 Å². The SMILES string of the molecule is O=C(NC1CCCCC1)[C@@H](c1cccs1)N(C(=O)Cc1c[nH]c2ccccc12)c1cccc(F)c1. The minimum Gasteiger partial charge on any atom is -0.361 e. The van der Waals surface area contributed by atoms with Gasteiger partial charge in [-0.15, -0.1) is 11.3 Å². The fourth-order valence-corrected chi connectivity index (χ4v) is 5.75. The van der Waals surface area contributed by atoms with E-state index in [9.17, 15) is 14.0 Å². The number of nitrogens with zero attached hydrogens (tertiary/aromatic N) is 1. The van der Waals surface area contributed by atoms with Gasteiger partial charge in [0.2, 0.25) is 11.8 Å². The number of thiophene rings is 1. The van der Waals surface area contributed by atoms with E-state index in [1.54, 1.807) is 12.1 Å². The highest BCUT2D eigenvalue weighted by molar-refractivity contribution is 7.10. The predicted molar refractivity (Wildman–Crippen MR) is 138 cm³/mol. The van der Waals surface area contributed by atoms with Crippen molar-refractivity contribution in [1.82, 2.24) is 10.3 Å². The maximum Gasteiger partial charge on any atom is 0.248 e. The highest BCUT2D eigenvalue weighted by Crippen LogP contribution is 2.33. The summed E-state index contributed by atoms with van der Waals surface area (Å²) in [5.74, 6) is -0.946. The molecule has 2 N–H and O–H groups in total. The van der Waals surface area contributed by atoms with Crippen LogP contribution in [0.2, 0.25) is 0 Å². The van der Waals surface area contributed by atoms with Gasteiger partial charge >= 0.3 is 0 Å². The van der Waals surface area contributed by atoms with Crippen molar-refractivity contribution in [3.63, 3.8) is 0 Å². The number of halogens is 1. The zero-order valence-electron chi connectivity index (χ0n) is 19.4. The summed E-state index contributed by atoms with van der Waals surface area (Å²) in [4.78, 5) is 33.1. The van der Waals surface area contributed by atoms with Crippen LogP contribution in [0.4, 0.5) is 10.1 Å². The van der Waals surface area contributed by atoms with Crippen molar-refractivity contribution in [3.8, 4) is 0 Å². The Bertz CT molecular complexity index is 1310. The molecule has 180 valence electrons. The van der Waals surface area contributed by atoms with Crippen LogP contribution in [0.3, 0.4) is 0 Å². The average Bonchev–Trinajstić information content (AvgIpc) is 3.53. The number of hydrogen-bond donors (Lipinski definition) is 2. The second-order valence-electron chi connectivity index (χ2n) is 9.04. The Hall–Kier alpha value is -3.45. The number of rotatable bonds is 7. The minimum absolute atomic E-state index is 0.0825. The first kappa shape index (κ1) is 23.3. The number of benzene rings is 2. The molecule has 0 unspecified atom stereocenters. The largest absolute Gasteiger partial charge is 0.361 e. The molecular formula is C28H28FN3O2S. The Balaban J connectivity index is 1.52. The molecule has 1 aliphatic rings. The summed E-state index contributed by atoms with van der Waals surface area (Å²) in [6.07, 6.45) is 7.13. The molecule has 5 nitrogen and oxygen atoms in total. The van der Waals surface area contributed by atoms with Gasteiger partial charge in [0.1, 0.15) is 11.9 Å². The Morgan fingerprint density at radius 1 is 1.06 bits per heavy atom. The van der Waals surface area contributed by atoms with Gasteiger partial charge in [-0.2, -0.15) is 0 Å². The van der Waals surface area contributed by atoms with Gasteiger partial charge < -0.3 is 10.3 Å². The standard InChI is InChI=1S/C28H28FN3O2S/c29-20-8-6-11-22(17-20)32(26(33)16-19-18-30-24-13-5-4-12-23(19)24)27(25-14-7-15-35-25)28(34)31-21-9-2-1-3-10-21/h4-8,11-15,17-18,21,27,30H,1-3,9-10,16H2,(H,31,34)/t27-/m1/s1. The lowest BCUT2D eigenvalue weighted by Crippen LogP contribution is -2.47. The Morgan fingerprint density at radius 2 is 1.89 bits per heavy atom. The van der Waals surface area contributed by atoms with Gasteiger partial charge in [-0.05, 0) is 54.1 Å². The van der Waals surface area contributed by atoms with Gasteiger partial charge in [-0.1, -0.05) is 49.6 Å². The lowest BCUT2D eigenvalue weighted by atomic mass is 9.95. The number of H-pyrrole nitrogens is 1. The van der Waals surface area contributed by atoms with E-state index in [0.717, 1.165) is 47.0 Å². The molecule has 1 aliphatic carbocycles. The van der Waals surface area contributed by atoms with Gasteiger partial charge in [0.05, 0.1) is 6.42 Å². The molecular weight excluding hydrogens is 461 g/mol. The number of amides is 2. The predicted octanol–water partition coefficient (Wildman–Crippen LogP) is 6.13. The lowest BCUT2D eigenvalue weighted by Gasteiger charge is -2.33. The van der Waals surface area contributed by atoms with Crippen LogP contribution in [0.5, 0.6) is 0 Å². The topological polar surface area (TPSA) is 65.2 Å². The molecule has 0 radical (unpaired) electrons. The zero-order chi connectivity index (χ0) is 24.2. The van der Waals surface area contributed by atoms with E-state index in [1.807, 2.05) is 48.0 Å². The van der Waals surface area contributed by atoms with Crippen LogP contribution in [-0.4, -0.2) is 22.8 Å². The second-order valence-corrected chi connectivity index (χ2v) is 10.0. The Morgan fingerprint density at radius 3 is 2.66 bits per heavy atom. The Labute approximate surface area is 208 Å². The van der Waals surface area contributed by atoms with Crippen molar-refractivity contribution in [2.75, 3.05) is 4.90 Å². The second kappa shape index (κ2) is 10.4.